The summed E-state index contributed by atoms with van der Waals surface area (Å²) in [5.41, 5.74) is 1.08. The Bertz CT molecular complexity index is 182. The Labute approximate surface area is 67.6 Å². The van der Waals surface area contributed by atoms with E-state index in [-0.39, 0.29) is 5.97 Å². The van der Waals surface area contributed by atoms with Crippen molar-refractivity contribution in [3.8, 4) is 0 Å². The van der Waals surface area contributed by atoms with Crippen molar-refractivity contribution in [2.45, 2.75) is 0 Å². The molecule has 56 valence electrons. The minimum Gasteiger partial charge on any atom is -0.465 e. The van der Waals surface area contributed by atoms with Crippen molar-refractivity contribution >= 4 is 21.9 Å². The molecule has 1 aliphatic heterocycles. The molecule has 0 aromatic heterocycles. The number of rotatable bonds is 1. The molecule has 1 heterocycles. The van der Waals surface area contributed by atoms with Gasteiger partial charge in [-0.3, -0.25) is 0 Å². The van der Waals surface area contributed by atoms with Crippen LogP contribution in [-0.2, 0) is 9.53 Å². The van der Waals surface area contributed by atoms with Crippen LogP contribution in [0, 0.1) is 0 Å². The summed E-state index contributed by atoms with van der Waals surface area (Å²) >= 11 is 3.15. The lowest BCUT2D eigenvalue weighted by molar-refractivity contribution is -0.135. The zero-order valence-electron chi connectivity index (χ0n) is 5.61. The van der Waals surface area contributed by atoms with Gasteiger partial charge in [0.25, 0.3) is 0 Å². The molecular weight excluding hydrogens is 198 g/mol. The SMILES string of the molecule is COC(=O)C(Br)=C1CNC1. The Morgan fingerprint density at radius 2 is 2.30 bits per heavy atom. The lowest BCUT2D eigenvalue weighted by atomic mass is 10.1. The molecule has 0 bridgehead atoms. The number of ether oxygens (including phenoxy) is 1. The predicted octanol–water partition coefficient (Wildman–Crippen LogP) is 0.412. The second-order valence-corrected chi connectivity index (χ2v) is 2.81. The predicted molar refractivity (Wildman–Crippen MR) is 40.8 cm³/mol. The van der Waals surface area contributed by atoms with Crippen molar-refractivity contribution in [2.75, 3.05) is 20.2 Å². The molecule has 0 aromatic carbocycles. The highest BCUT2D eigenvalue weighted by Crippen LogP contribution is 2.16. The van der Waals surface area contributed by atoms with E-state index in [0.717, 1.165) is 18.7 Å². The third-order valence-electron chi connectivity index (χ3n) is 1.35. The summed E-state index contributed by atoms with van der Waals surface area (Å²) in [6, 6.07) is 0. The Hall–Kier alpha value is -0.350. The second-order valence-electron chi connectivity index (χ2n) is 2.01. The molecule has 0 saturated carbocycles. The minimum absolute atomic E-state index is 0.295. The summed E-state index contributed by atoms with van der Waals surface area (Å²) in [5, 5.41) is 3.03. The Kier molecular flexibility index (Phi) is 2.45. The van der Waals surface area contributed by atoms with Crippen LogP contribution in [0.15, 0.2) is 10.1 Å². The van der Waals surface area contributed by atoms with E-state index >= 15 is 0 Å². The molecule has 4 heteroatoms. The number of nitrogens with one attached hydrogen (secondary N) is 1. The number of hydrogen-bond acceptors (Lipinski definition) is 3. The first-order chi connectivity index (χ1) is 4.75. The lowest BCUT2D eigenvalue weighted by Crippen LogP contribution is -2.35. The van der Waals surface area contributed by atoms with E-state index in [1.54, 1.807) is 0 Å². The highest BCUT2D eigenvalue weighted by Gasteiger charge is 2.17. The van der Waals surface area contributed by atoms with Gasteiger partial charge in [-0.2, -0.15) is 0 Å². The lowest BCUT2D eigenvalue weighted by Gasteiger charge is -2.19. The van der Waals surface area contributed by atoms with Gasteiger partial charge < -0.3 is 10.1 Å². The van der Waals surface area contributed by atoms with E-state index in [2.05, 4.69) is 26.0 Å². The molecule has 1 N–H and O–H groups in total. The zero-order chi connectivity index (χ0) is 7.56. The fourth-order valence-corrected chi connectivity index (χ4v) is 1.08. The number of hydrogen-bond donors (Lipinski definition) is 1. The molecule has 3 nitrogen and oxygen atoms in total. The average Bonchev–Trinajstić information content (AvgIpc) is 1.82. The van der Waals surface area contributed by atoms with Gasteiger partial charge in [0.2, 0.25) is 0 Å². The Balaban J connectivity index is 2.61. The third kappa shape index (κ3) is 1.38. The van der Waals surface area contributed by atoms with Crippen LogP contribution >= 0.6 is 15.9 Å². The van der Waals surface area contributed by atoms with Crippen LogP contribution in [0.5, 0.6) is 0 Å². The maximum atomic E-state index is 10.8. The van der Waals surface area contributed by atoms with Gasteiger partial charge in [-0.05, 0) is 21.5 Å². The van der Waals surface area contributed by atoms with Crippen LogP contribution in [0.3, 0.4) is 0 Å². The molecule has 0 amide bonds. The summed E-state index contributed by atoms with van der Waals surface area (Å²) in [7, 11) is 1.37. The van der Waals surface area contributed by atoms with E-state index in [1.807, 2.05) is 0 Å². The number of carbonyl (C=O) groups excluding carboxylic acids is 1. The quantitative estimate of drug-likeness (QED) is 0.498. The van der Waals surface area contributed by atoms with Crippen LogP contribution in [-0.4, -0.2) is 26.2 Å². The molecule has 1 fully saturated rings. The monoisotopic (exact) mass is 205 g/mol. The Morgan fingerprint density at radius 1 is 1.70 bits per heavy atom. The van der Waals surface area contributed by atoms with Crippen LogP contribution in [0.25, 0.3) is 0 Å². The van der Waals surface area contributed by atoms with Gasteiger partial charge in [0.15, 0.2) is 0 Å². The van der Waals surface area contributed by atoms with Crippen molar-refractivity contribution in [3.63, 3.8) is 0 Å². The first kappa shape index (κ1) is 7.75. The maximum Gasteiger partial charge on any atom is 0.345 e. The molecular formula is C6H8BrNO2. The van der Waals surface area contributed by atoms with E-state index in [4.69, 9.17) is 0 Å². The van der Waals surface area contributed by atoms with Crippen LogP contribution in [0.2, 0.25) is 0 Å². The van der Waals surface area contributed by atoms with Gasteiger partial charge >= 0.3 is 5.97 Å². The summed E-state index contributed by atoms with van der Waals surface area (Å²) in [6.07, 6.45) is 0. The van der Waals surface area contributed by atoms with Gasteiger partial charge in [0.1, 0.15) is 4.48 Å². The average molecular weight is 206 g/mol. The number of methoxy groups -OCH3 is 1. The first-order valence-electron chi connectivity index (χ1n) is 2.92. The molecule has 0 spiro atoms. The third-order valence-corrected chi connectivity index (χ3v) is 2.24. The van der Waals surface area contributed by atoms with Gasteiger partial charge in [-0.25, -0.2) is 4.79 Å². The van der Waals surface area contributed by atoms with Gasteiger partial charge in [-0.1, -0.05) is 0 Å². The van der Waals surface area contributed by atoms with E-state index in [1.165, 1.54) is 7.11 Å². The molecule has 0 unspecified atom stereocenters. The van der Waals surface area contributed by atoms with E-state index in [0.29, 0.717) is 4.48 Å². The molecule has 1 aliphatic rings. The number of halogens is 1. The van der Waals surface area contributed by atoms with Crippen LogP contribution in [0.4, 0.5) is 0 Å². The summed E-state index contributed by atoms with van der Waals surface area (Å²) < 4.78 is 5.06. The van der Waals surface area contributed by atoms with Crippen LogP contribution < -0.4 is 5.32 Å². The van der Waals surface area contributed by atoms with E-state index < -0.39 is 0 Å². The largest absolute Gasteiger partial charge is 0.465 e. The molecule has 0 atom stereocenters. The van der Waals surface area contributed by atoms with Gasteiger partial charge in [-0.15, -0.1) is 0 Å². The summed E-state index contributed by atoms with van der Waals surface area (Å²) in [6.45, 7) is 1.57. The highest BCUT2D eigenvalue weighted by molar-refractivity contribution is 9.12. The summed E-state index contributed by atoms with van der Waals surface area (Å²) in [4.78, 5) is 10.8. The van der Waals surface area contributed by atoms with Crippen molar-refractivity contribution in [1.82, 2.24) is 5.32 Å². The highest BCUT2D eigenvalue weighted by atomic mass is 79.9. The van der Waals surface area contributed by atoms with Gasteiger partial charge in [0, 0.05) is 13.1 Å². The fraction of sp³-hybridized carbons (Fsp3) is 0.500. The standard InChI is InChI=1S/C6H8BrNO2/c1-10-6(9)5(7)4-2-8-3-4/h8H,2-3H2,1H3. The smallest absolute Gasteiger partial charge is 0.345 e. The molecule has 1 saturated heterocycles. The minimum atomic E-state index is -0.295. The molecule has 0 aromatic rings. The van der Waals surface area contributed by atoms with Crippen molar-refractivity contribution < 1.29 is 9.53 Å². The topological polar surface area (TPSA) is 38.3 Å². The molecule has 0 radical (unpaired) electrons. The zero-order valence-corrected chi connectivity index (χ0v) is 7.19. The Morgan fingerprint density at radius 3 is 2.60 bits per heavy atom. The molecule has 10 heavy (non-hydrogen) atoms. The van der Waals surface area contributed by atoms with Crippen LogP contribution in [0.1, 0.15) is 0 Å². The van der Waals surface area contributed by atoms with Crippen molar-refractivity contribution in [1.29, 1.82) is 0 Å². The number of esters is 1. The summed E-state index contributed by atoms with van der Waals surface area (Å²) in [5.74, 6) is -0.295. The normalized spacial score (nSPS) is 16.0. The molecule has 0 aliphatic carbocycles. The first-order valence-corrected chi connectivity index (χ1v) is 3.71. The second kappa shape index (κ2) is 3.16. The van der Waals surface area contributed by atoms with Gasteiger partial charge in [0.05, 0.1) is 7.11 Å². The number of carbonyl (C=O) groups is 1. The maximum absolute atomic E-state index is 10.8. The fourth-order valence-electron chi connectivity index (χ4n) is 0.639. The van der Waals surface area contributed by atoms with Crippen molar-refractivity contribution in [2.24, 2.45) is 0 Å². The van der Waals surface area contributed by atoms with E-state index in [9.17, 15) is 4.79 Å². The molecule has 1 rings (SSSR count). The van der Waals surface area contributed by atoms with Crippen molar-refractivity contribution in [3.05, 3.63) is 10.1 Å².